The Hall–Kier alpha value is -2.10. The normalized spacial score (nSPS) is 12.9. The highest BCUT2D eigenvalue weighted by molar-refractivity contribution is 7.98. The van der Waals surface area contributed by atoms with Crippen LogP contribution in [0.3, 0.4) is 0 Å². The molecule has 0 aliphatic heterocycles. The highest BCUT2D eigenvalue weighted by atomic mass is 32.2. The predicted molar refractivity (Wildman–Crippen MR) is 104 cm³/mol. The first kappa shape index (κ1) is 21.2. The fourth-order valence-corrected chi connectivity index (χ4v) is 2.81. The predicted octanol–water partition coefficient (Wildman–Crippen LogP) is 2.41. The topological polar surface area (TPSA) is 98.5 Å². The molecule has 27 heavy (non-hydrogen) atoms. The zero-order chi connectivity index (χ0) is 19.5. The molecule has 1 heterocycles. The molecule has 0 unspecified atom stereocenters. The molecular formula is C18H26N4O4S. The van der Waals surface area contributed by atoms with Gasteiger partial charge in [0.15, 0.2) is 0 Å². The van der Waals surface area contributed by atoms with Crippen molar-refractivity contribution in [1.29, 1.82) is 0 Å². The van der Waals surface area contributed by atoms with E-state index in [2.05, 4.69) is 25.0 Å². The van der Waals surface area contributed by atoms with E-state index in [0.717, 1.165) is 16.6 Å². The van der Waals surface area contributed by atoms with Crippen LogP contribution in [0.4, 0.5) is 0 Å². The maximum absolute atomic E-state index is 10.2. The first-order valence-corrected chi connectivity index (χ1v) is 9.59. The van der Waals surface area contributed by atoms with Gasteiger partial charge in [0.05, 0.1) is 25.8 Å². The molecule has 1 amide bonds. The molecule has 9 heteroatoms. The molecule has 1 aliphatic carbocycles. The number of hydrogen-bond donors (Lipinski definition) is 2. The monoisotopic (exact) mass is 394 g/mol. The van der Waals surface area contributed by atoms with Crippen LogP contribution in [0.5, 0.6) is 5.75 Å². The van der Waals surface area contributed by atoms with Crippen LogP contribution in [0.25, 0.3) is 11.5 Å². The van der Waals surface area contributed by atoms with Crippen LogP contribution >= 0.6 is 11.9 Å². The number of carbonyl (C=O) groups is 1. The Morgan fingerprint density at radius 3 is 2.74 bits per heavy atom. The second-order valence-corrected chi connectivity index (χ2v) is 7.01. The summed E-state index contributed by atoms with van der Waals surface area (Å²) in [5, 5.41) is 11.4. The number of nitrogens with one attached hydrogen (secondary N) is 2. The number of nitrogens with zero attached hydrogens (tertiary/aromatic N) is 2. The second kappa shape index (κ2) is 11.6. The van der Waals surface area contributed by atoms with Gasteiger partial charge in [-0.1, -0.05) is 24.1 Å². The van der Waals surface area contributed by atoms with Crippen molar-refractivity contribution in [3.05, 3.63) is 30.2 Å². The highest BCUT2D eigenvalue weighted by Crippen LogP contribution is 2.32. The van der Waals surface area contributed by atoms with E-state index in [4.69, 9.17) is 9.15 Å². The average molecular weight is 394 g/mol. The molecule has 1 aliphatic rings. The average Bonchev–Trinajstić information content (AvgIpc) is 3.38. The number of hydrogen-bond acceptors (Lipinski definition) is 8. The lowest BCUT2D eigenvalue weighted by atomic mass is 10.2. The van der Waals surface area contributed by atoms with Crippen molar-refractivity contribution in [3.8, 4) is 17.2 Å². The lowest BCUT2D eigenvalue weighted by molar-refractivity contribution is -0.119. The summed E-state index contributed by atoms with van der Waals surface area (Å²) in [6.07, 6.45) is 2.60. The van der Waals surface area contributed by atoms with Crippen molar-refractivity contribution >= 4 is 17.9 Å². The fourth-order valence-electron chi connectivity index (χ4n) is 1.99. The van der Waals surface area contributed by atoms with Crippen molar-refractivity contribution in [1.82, 2.24) is 20.2 Å². The van der Waals surface area contributed by atoms with E-state index in [0.29, 0.717) is 31.5 Å². The number of para-hydroxylation sites is 1. The summed E-state index contributed by atoms with van der Waals surface area (Å²) >= 11 is 1.75. The van der Waals surface area contributed by atoms with Crippen molar-refractivity contribution in [2.75, 3.05) is 27.4 Å². The summed E-state index contributed by atoms with van der Waals surface area (Å²) in [7, 11) is 3.23. The second-order valence-electron chi connectivity index (χ2n) is 5.82. The van der Waals surface area contributed by atoms with Gasteiger partial charge in [-0.3, -0.25) is 9.52 Å². The molecule has 148 valence electrons. The molecule has 1 aromatic carbocycles. The maximum atomic E-state index is 10.2. The third-order valence-corrected chi connectivity index (χ3v) is 4.60. The Bertz CT molecular complexity index is 706. The van der Waals surface area contributed by atoms with E-state index in [1.54, 1.807) is 26.2 Å². The first-order valence-electron chi connectivity index (χ1n) is 8.71. The summed E-state index contributed by atoms with van der Waals surface area (Å²) in [5.41, 5.74) is 0.818. The van der Waals surface area contributed by atoms with Gasteiger partial charge >= 0.3 is 0 Å². The zero-order valence-corrected chi connectivity index (χ0v) is 16.7. The zero-order valence-electron chi connectivity index (χ0n) is 15.9. The van der Waals surface area contributed by atoms with Crippen molar-refractivity contribution in [2.24, 2.45) is 0 Å². The molecular weight excluding hydrogens is 368 g/mol. The molecule has 8 nitrogen and oxygen atoms in total. The summed E-state index contributed by atoms with van der Waals surface area (Å²) < 4.78 is 18.8. The summed E-state index contributed by atoms with van der Waals surface area (Å²) in [6, 6.07) is 7.61. The number of carbonyl (C=O) groups excluding carboxylic acids is 1. The third kappa shape index (κ3) is 7.98. The molecule has 0 bridgehead atoms. The molecule has 2 N–H and O–H groups in total. The lowest BCUT2D eigenvalue weighted by Crippen LogP contribution is -2.23. The van der Waals surface area contributed by atoms with E-state index in [-0.39, 0.29) is 5.91 Å². The van der Waals surface area contributed by atoms with E-state index in [9.17, 15) is 4.79 Å². The number of aromatic nitrogens is 2. The smallest absolute Gasteiger partial charge is 0.251 e. The van der Waals surface area contributed by atoms with E-state index in [1.165, 1.54) is 19.8 Å². The van der Waals surface area contributed by atoms with Gasteiger partial charge < -0.3 is 19.2 Å². The lowest BCUT2D eigenvalue weighted by Gasteiger charge is -2.03. The molecule has 0 radical (unpaired) electrons. The van der Waals surface area contributed by atoms with Gasteiger partial charge in [-0.05, 0) is 25.0 Å². The Morgan fingerprint density at radius 1 is 1.30 bits per heavy atom. The maximum Gasteiger partial charge on any atom is 0.251 e. The molecule has 2 aromatic rings. The number of ether oxygens (including phenoxy) is 2. The molecule has 1 saturated carbocycles. The largest absolute Gasteiger partial charge is 0.496 e. The number of benzene rings is 1. The Balaban J connectivity index is 0.000000279. The standard InChI is InChI=1S/C13H15N3O2S.C5H11NO2/c1-17-11-5-3-2-4-10(11)13-16-15-12(18-13)8-14-19-9-6-7-9;1-5(7)6-3-4-8-2/h2-5,9,14H,6-8H2,1H3;3-4H2,1-2H3,(H,6,7). The third-order valence-electron chi connectivity index (χ3n) is 3.48. The van der Waals surface area contributed by atoms with Crippen LogP contribution in [-0.2, 0) is 16.1 Å². The molecule has 3 rings (SSSR count). The highest BCUT2D eigenvalue weighted by Gasteiger charge is 2.22. The fraction of sp³-hybridized carbons (Fsp3) is 0.500. The summed E-state index contributed by atoms with van der Waals surface area (Å²) in [4.78, 5) is 10.2. The van der Waals surface area contributed by atoms with Crippen molar-refractivity contribution in [3.63, 3.8) is 0 Å². The molecule has 0 spiro atoms. The van der Waals surface area contributed by atoms with Crippen LogP contribution < -0.4 is 14.8 Å². The van der Waals surface area contributed by atoms with Crippen LogP contribution in [0.1, 0.15) is 25.7 Å². The minimum Gasteiger partial charge on any atom is -0.496 e. The first-order chi connectivity index (χ1) is 13.1. The van der Waals surface area contributed by atoms with Gasteiger partial charge in [0, 0.05) is 25.8 Å². The number of amides is 1. The molecule has 0 atom stereocenters. The van der Waals surface area contributed by atoms with Gasteiger partial charge in [-0.25, -0.2) is 0 Å². The Labute approximate surface area is 163 Å². The van der Waals surface area contributed by atoms with E-state index >= 15 is 0 Å². The van der Waals surface area contributed by atoms with Gasteiger partial charge in [-0.2, -0.15) is 0 Å². The minimum atomic E-state index is -0.0120. The van der Waals surface area contributed by atoms with Crippen LogP contribution in [-0.4, -0.2) is 48.7 Å². The van der Waals surface area contributed by atoms with Gasteiger partial charge in [0.1, 0.15) is 5.75 Å². The molecule has 0 saturated heterocycles. The Kier molecular flexibility index (Phi) is 9.09. The molecule has 1 aromatic heterocycles. The van der Waals surface area contributed by atoms with E-state index < -0.39 is 0 Å². The summed E-state index contributed by atoms with van der Waals surface area (Å²) in [6.45, 7) is 3.25. The Morgan fingerprint density at radius 2 is 2.07 bits per heavy atom. The van der Waals surface area contributed by atoms with Gasteiger partial charge in [-0.15, -0.1) is 10.2 Å². The van der Waals surface area contributed by atoms with Crippen LogP contribution in [0.15, 0.2) is 28.7 Å². The minimum absolute atomic E-state index is 0.0120. The van der Waals surface area contributed by atoms with Crippen LogP contribution in [0.2, 0.25) is 0 Å². The van der Waals surface area contributed by atoms with Gasteiger partial charge in [0.25, 0.3) is 5.89 Å². The van der Waals surface area contributed by atoms with Gasteiger partial charge in [0.2, 0.25) is 11.8 Å². The van der Waals surface area contributed by atoms with Crippen molar-refractivity contribution in [2.45, 2.75) is 31.6 Å². The quantitative estimate of drug-likeness (QED) is 0.494. The van der Waals surface area contributed by atoms with E-state index in [1.807, 2.05) is 24.3 Å². The van der Waals surface area contributed by atoms with Crippen LogP contribution in [0, 0.1) is 0 Å². The SMILES string of the molecule is COCCNC(C)=O.COc1ccccc1-c1nnc(CNSC2CC2)o1. The number of methoxy groups -OCH3 is 2. The van der Waals surface area contributed by atoms with Crippen molar-refractivity contribution < 1.29 is 18.7 Å². The summed E-state index contributed by atoms with van der Waals surface area (Å²) in [5.74, 6) is 1.81. The molecule has 1 fully saturated rings. The number of rotatable bonds is 9.